The number of nitrogens with one attached hydrogen (secondary N) is 1. The number of aromatic nitrogens is 2. The third-order valence-electron chi connectivity index (χ3n) is 3.87. The first-order valence-electron chi connectivity index (χ1n) is 7.19. The number of rotatable bonds is 7. The van der Waals surface area contributed by atoms with Crippen molar-refractivity contribution in [2.24, 2.45) is 5.92 Å². The standard InChI is InChI=1S/C14H24ClN3/c1-3-7-16-9-11-5-6-12(11)14-13(15)10-17-18(14)8-4-2/h10-12,16H,3-9H2,1-2H3. The predicted octanol–water partition coefficient (Wildman–Crippen LogP) is 3.44. The number of aryl methyl sites for hydroxylation is 1. The molecule has 1 aliphatic rings. The maximum absolute atomic E-state index is 6.31. The van der Waals surface area contributed by atoms with E-state index in [2.05, 4.69) is 28.9 Å². The molecule has 0 saturated heterocycles. The molecule has 1 heterocycles. The lowest BCUT2D eigenvalue weighted by Crippen LogP contribution is -2.35. The molecule has 102 valence electrons. The topological polar surface area (TPSA) is 29.9 Å². The van der Waals surface area contributed by atoms with Gasteiger partial charge in [0.1, 0.15) is 0 Å². The molecule has 0 aliphatic heterocycles. The second-order valence-corrected chi connectivity index (χ2v) is 5.66. The normalized spacial score (nSPS) is 23.1. The van der Waals surface area contributed by atoms with E-state index in [1.54, 1.807) is 6.20 Å². The lowest BCUT2D eigenvalue weighted by atomic mass is 9.71. The fraction of sp³-hybridized carbons (Fsp3) is 0.786. The SMILES string of the molecule is CCCNCC1CCC1c1c(Cl)cnn1CCC. The second-order valence-electron chi connectivity index (χ2n) is 5.25. The van der Waals surface area contributed by atoms with E-state index in [0.717, 1.165) is 37.0 Å². The zero-order chi connectivity index (χ0) is 13.0. The maximum Gasteiger partial charge on any atom is 0.0820 e. The van der Waals surface area contributed by atoms with Crippen molar-refractivity contribution in [2.45, 2.75) is 52.0 Å². The Balaban J connectivity index is 2.00. The van der Waals surface area contributed by atoms with Crippen LogP contribution in [0.15, 0.2) is 6.20 Å². The van der Waals surface area contributed by atoms with Gasteiger partial charge >= 0.3 is 0 Å². The van der Waals surface area contributed by atoms with E-state index < -0.39 is 0 Å². The van der Waals surface area contributed by atoms with Crippen LogP contribution in [0.25, 0.3) is 0 Å². The monoisotopic (exact) mass is 269 g/mol. The van der Waals surface area contributed by atoms with Gasteiger partial charge in [0, 0.05) is 12.5 Å². The lowest BCUT2D eigenvalue weighted by Gasteiger charge is -2.37. The van der Waals surface area contributed by atoms with E-state index in [1.807, 2.05) is 0 Å². The molecule has 0 bridgehead atoms. The summed E-state index contributed by atoms with van der Waals surface area (Å²) in [6.07, 6.45) is 6.69. The van der Waals surface area contributed by atoms with Gasteiger partial charge in [0.2, 0.25) is 0 Å². The van der Waals surface area contributed by atoms with Crippen LogP contribution in [0.5, 0.6) is 0 Å². The highest BCUT2D eigenvalue weighted by Gasteiger charge is 2.35. The molecule has 0 radical (unpaired) electrons. The van der Waals surface area contributed by atoms with Crippen LogP contribution in [0.1, 0.15) is 51.1 Å². The molecule has 3 nitrogen and oxygen atoms in total. The quantitative estimate of drug-likeness (QED) is 0.769. The summed E-state index contributed by atoms with van der Waals surface area (Å²) in [6.45, 7) is 7.60. The molecule has 1 aromatic rings. The third kappa shape index (κ3) is 2.89. The molecule has 2 unspecified atom stereocenters. The lowest BCUT2D eigenvalue weighted by molar-refractivity contribution is 0.234. The summed E-state index contributed by atoms with van der Waals surface area (Å²) in [6, 6.07) is 0. The van der Waals surface area contributed by atoms with E-state index in [9.17, 15) is 0 Å². The smallest absolute Gasteiger partial charge is 0.0820 e. The van der Waals surface area contributed by atoms with Crippen molar-refractivity contribution in [2.75, 3.05) is 13.1 Å². The van der Waals surface area contributed by atoms with Crippen LogP contribution in [-0.2, 0) is 6.54 Å². The van der Waals surface area contributed by atoms with Crippen molar-refractivity contribution in [1.29, 1.82) is 0 Å². The van der Waals surface area contributed by atoms with Gasteiger partial charge in [-0.05, 0) is 44.7 Å². The molecule has 1 aromatic heterocycles. The summed E-state index contributed by atoms with van der Waals surface area (Å²) < 4.78 is 2.11. The van der Waals surface area contributed by atoms with Crippen molar-refractivity contribution < 1.29 is 0 Å². The zero-order valence-electron chi connectivity index (χ0n) is 11.5. The van der Waals surface area contributed by atoms with E-state index in [-0.39, 0.29) is 0 Å². The Morgan fingerprint density at radius 1 is 1.39 bits per heavy atom. The molecule has 1 N–H and O–H groups in total. The molecule has 2 rings (SSSR count). The van der Waals surface area contributed by atoms with E-state index in [1.165, 1.54) is 25.0 Å². The van der Waals surface area contributed by atoms with Gasteiger partial charge in [-0.25, -0.2) is 0 Å². The average molecular weight is 270 g/mol. The first-order chi connectivity index (χ1) is 8.77. The Morgan fingerprint density at radius 3 is 2.83 bits per heavy atom. The zero-order valence-corrected chi connectivity index (χ0v) is 12.2. The summed E-state index contributed by atoms with van der Waals surface area (Å²) in [7, 11) is 0. The Hall–Kier alpha value is -0.540. The summed E-state index contributed by atoms with van der Waals surface area (Å²) in [5, 5.41) is 8.79. The molecule has 18 heavy (non-hydrogen) atoms. The van der Waals surface area contributed by atoms with Gasteiger partial charge in [0.25, 0.3) is 0 Å². The van der Waals surface area contributed by atoms with E-state index in [4.69, 9.17) is 11.6 Å². The number of hydrogen-bond donors (Lipinski definition) is 1. The minimum Gasteiger partial charge on any atom is -0.316 e. The van der Waals surface area contributed by atoms with Gasteiger partial charge < -0.3 is 5.32 Å². The molecule has 0 aromatic carbocycles. The Labute approximate surface area is 115 Å². The summed E-state index contributed by atoms with van der Waals surface area (Å²) in [5.74, 6) is 1.34. The highest BCUT2D eigenvalue weighted by atomic mass is 35.5. The number of hydrogen-bond acceptors (Lipinski definition) is 2. The van der Waals surface area contributed by atoms with Crippen molar-refractivity contribution >= 4 is 11.6 Å². The fourth-order valence-electron chi connectivity index (χ4n) is 2.77. The van der Waals surface area contributed by atoms with E-state index >= 15 is 0 Å². The van der Waals surface area contributed by atoms with E-state index in [0.29, 0.717) is 5.92 Å². The van der Waals surface area contributed by atoms with Gasteiger partial charge in [0.05, 0.1) is 16.9 Å². The molecule has 4 heteroatoms. The third-order valence-corrected chi connectivity index (χ3v) is 4.16. The molecule has 0 amide bonds. The van der Waals surface area contributed by atoms with Gasteiger partial charge in [-0.3, -0.25) is 4.68 Å². The van der Waals surface area contributed by atoms with Crippen molar-refractivity contribution in [3.05, 3.63) is 16.9 Å². The van der Waals surface area contributed by atoms with Gasteiger partial charge in [-0.15, -0.1) is 0 Å². The summed E-state index contributed by atoms with van der Waals surface area (Å²) in [4.78, 5) is 0. The minimum absolute atomic E-state index is 0.607. The van der Waals surface area contributed by atoms with Crippen LogP contribution in [0.2, 0.25) is 5.02 Å². The second kappa shape index (κ2) is 6.58. The average Bonchev–Trinajstić information content (AvgIpc) is 2.67. The van der Waals surface area contributed by atoms with Crippen LogP contribution in [0, 0.1) is 5.92 Å². The van der Waals surface area contributed by atoms with Crippen LogP contribution >= 0.6 is 11.6 Å². The van der Waals surface area contributed by atoms with Crippen LogP contribution in [0.4, 0.5) is 0 Å². The van der Waals surface area contributed by atoms with Crippen LogP contribution < -0.4 is 5.32 Å². The van der Waals surface area contributed by atoms with Gasteiger partial charge in [-0.1, -0.05) is 25.4 Å². The molecule has 0 spiro atoms. The van der Waals surface area contributed by atoms with Crippen molar-refractivity contribution in [1.82, 2.24) is 15.1 Å². The first kappa shape index (κ1) is 13.9. The largest absolute Gasteiger partial charge is 0.316 e. The molecular formula is C14H24ClN3. The minimum atomic E-state index is 0.607. The Bertz CT molecular complexity index is 375. The highest BCUT2D eigenvalue weighted by molar-refractivity contribution is 6.31. The molecule has 1 fully saturated rings. The molecular weight excluding hydrogens is 246 g/mol. The van der Waals surface area contributed by atoms with Gasteiger partial charge in [0.15, 0.2) is 0 Å². The molecule has 1 aliphatic carbocycles. The molecule has 2 atom stereocenters. The molecule has 1 saturated carbocycles. The fourth-order valence-corrected chi connectivity index (χ4v) is 3.05. The Morgan fingerprint density at radius 2 is 2.22 bits per heavy atom. The maximum atomic E-state index is 6.31. The Kier molecular flexibility index (Phi) is 5.07. The number of nitrogens with zero attached hydrogens (tertiary/aromatic N) is 2. The van der Waals surface area contributed by atoms with Crippen LogP contribution in [-0.4, -0.2) is 22.9 Å². The van der Waals surface area contributed by atoms with Crippen LogP contribution in [0.3, 0.4) is 0 Å². The first-order valence-corrected chi connectivity index (χ1v) is 7.57. The summed E-state index contributed by atoms with van der Waals surface area (Å²) in [5.41, 5.74) is 1.27. The predicted molar refractivity (Wildman–Crippen MR) is 76.2 cm³/mol. The highest BCUT2D eigenvalue weighted by Crippen LogP contribution is 2.44. The van der Waals surface area contributed by atoms with Gasteiger partial charge in [-0.2, -0.15) is 5.10 Å². The number of halogens is 1. The van der Waals surface area contributed by atoms with Crippen molar-refractivity contribution in [3.63, 3.8) is 0 Å². The summed E-state index contributed by atoms with van der Waals surface area (Å²) >= 11 is 6.31. The van der Waals surface area contributed by atoms with Crippen molar-refractivity contribution in [3.8, 4) is 0 Å².